The summed E-state index contributed by atoms with van der Waals surface area (Å²) in [6.45, 7) is 0.296. The normalized spacial score (nSPS) is 21.6. The highest BCUT2D eigenvalue weighted by Gasteiger charge is 2.37. The lowest BCUT2D eigenvalue weighted by atomic mass is 10.1. The predicted molar refractivity (Wildman–Crippen MR) is 61.1 cm³/mol. The fraction of sp³-hybridized carbons (Fsp3) is 0.333. The van der Waals surface area contributed by atoms with Gasteiger partial charge in [-0.2, -0.15) is 0 Å². The van der Waals surface area contributed by atoms with E-state index in [4.69, 9.17) is 5.73 Å². The summed E-state index contributed by atoms with van der Waals surface area (Å²) >= 11 is 0. The minimum atomic E-state index is -1.03. The fourth-order valence-corrected chi connectivity index (χ4v) is 2.10. The van der Waals surface area contributed by atoms with Crippen molar-refractivity contribution >= 4 is 11.9 Å². The van der Waals surface area contributed by atoms with Gasteiger partial charge in [-0.1, -0.05) is 30.3 Å². The third kappa shape index (κ3) is 2.29. The number of carbonyl (C=O) groups excluding carboxylic acids is 1. The van der Waals surface area contributed by atoms with Gasteiger partial charge in [-0.15, -0.1) is 0 Å². The maximum atomic E-state index is 11.7. The molecule has 2 rings (SSSR count). The van der Waals surface area contributed by atoms with Crippen LogP contribution in [0, 0.1) is 0 Å². The molecule has 0 aromatic heterocycles. The molecule has 5 nitrogen and oxygen atoms in total. The smallest absolute Gasteiger partial charge is 0.331 e. The quantitative estimate of drug-likeness (QED) is 0.791. The minimum Gasteiger partial charge on any atom is -0.479 e. The molecule has 1 aliphatic rings. The first-order valence-corrected chi connectivity index (χ1v) is 5.42. The lowest BCUT2D eigenvalue weighted by Crippen LogP contribution is -2.36. The van der Waals surface area contributed by atoms with Gasteiger partial charge in [0.1, 0.15) is 0 Å². The van der Waals surface area contributed by atoms with Crippen molar-refractivity contribution in [1.29, 1.82) is 0 Å². The van der Waals surface area contributed by atoms with Crippen LogP contribution in [-0.2, 0) is 9.59 Å². The van der Waals surface area contributed by atoms with E-state index in [1.165, 1.54) is 4.90 Å². The summed E-state index contributed by atoms with van der Waals surface area (Å²) in [5.41, 5.74) is 6.28. The second kappa shape index (κ2) is 4.55. The lowest BCUT2D eigenvalue weighted by Gasteiger charge is -2.24. The molecule has 5 heteroatoms. The van der Waals surface area contributed by atoms with Crippen LogP contribution in [0.25, 0.3) is 0 Å². The van der Waals surface area contributed by atoms with Gasteiger partial charge in [0.2, 0.25) is 5.91 Å². The number of carboxylic acids is 1. The first kappa shape index (κ1) is 11.6. The number of carbonyl (C=O) groups is 2. The van der Waals surface area contributed by atoms with Crippen LogP contribution >= 0.6 is 0 Å². The number of benzene rings is 1. The lowest BCUT2D eigenvalue weighted by molar-refractivity contribution is -0.148. The molecule has 1 saturated heterocycles. The molecule has 2 atom stereocenters. The second-order valence-electron chi connectivity index (χ2n) is 4.16. The maximum absolute atomic E-state index is 11.7. The number of hydrogen-bond acceptors (Lipinski definition) is 3. The van der Waals surface area contributed by atoms with Crippen molar-refractivity contribution in [3.8, 4) is 0 Å². The zero-order valence-corrected chi connectivity index (χ0v) is 9.24. The van der Waals surface area contributed by atoms with E-state index in [9.17, 15) is 14.7 Å². The Balaban J connectivity index is 2.31. The molecular weight excluding hydrogens is 220 g/mol. The van der Waals surface area contributed by atoms with Crippen LogP contribution < -0.4 is 5.73 Å². The molecule has 0 saturated carbocycles. The summed E-state index contributed by atoms with van der Waals surface area (Å²) < 4.78 is 0. The summed E-state index contributed by atoms with van der Waals surface area (Å²) in [4.78, 5) is 24.3. The molecule has 0 spiro atoms. The summed E-state index contributed by atoms with van der Waals surface area (Å²) in [5, 5.41) is 9.26. The van der Waals surface area contributed by atoms with E-state index in [-0.39, 0.29) is 18.4 Å². The average molecular weight is 234 g/mol. The van der Waals surface area contributed by atoms with Crippen LogP contribution in [0.15, 0.2) is 30.3 Å². The SMILES string of the molecule is NC1CC(=O)N([C@@H](C(=O)O)c2ccccc2)C1. The first-order chi connectivity index (χ1) is 8.09. The van der Waals surface area contributed by atoms with E-state index in [1.54, 1.807) is 30.3 Å². The standard InChI is InChI=1S/C12H14N2O3/c13-9-6-10(15)14(7-9)11(12(16)17)8-4-2-1-3-5-8/h1-5,9,11H,6-7,13H2,(H,16,17)/t9?,11-/m1/s1. The molecule has 1 amide bonds. The predicted octanol–water partition coefficient (Wildman–Crippen LogP) is 0.372. The molecule has 17 heavy (non-hydrogen) atoms. The van der Waals surface area contributed by atoms with Gasteiger partial charge in [-0.05, 0) is 5.56 Å². The largest absolute Gasteiger partial charge is 0.479 e. The van der Waals surface area contributed by atoms with E-state index >= 15 is 0 Å². The molecule has 1 aromatic rings. The van der Waals surface area contributed by atoms with Crippen molar-refractivity contribution in [2.24, 2.45) is 5.73 Å². The third-order valence-electron chi connectivity index (χ3n) is 2.85. The van der Waals surface area contributed by atoms with Crippen LogP contribution in [0.5, 0.6) is 0 Å². The van der Waals surface area contributed by atoms with Gasteiger partial charge in [-0.3, -0.25) is 4.79 Å². The Kier molecular flexibility index (Phi) is 3.10. The highest BCUT2D eigenvalue weighted by atomic mass is 16.4. The fourth-order valence-electron chi connectivity index (χ4n) is 2.10. The van der Waals surface area contributed by atoms with E-state index < -0.39 is 12.0 Å². The van der Waals surface area contributed by atoms with Crippen molar-refractivity contribution in [3.05, 3.63) is 35.9 Å². The minimum absolute atomic E-state index is 0.200. The molecule has 1 unspecified atom stereocenters. The van der Waals surface area contributed by atoms with Gasteiger partial charge < -0.3 is 15.7 Å². The third-order valence-corrected chi connectivity index (χ3v) is 2.85. The Bertz CT molecular complexity index is 433. The number of likely N-dealkylation sites (tertiary alicyclic amines) is 1. The molecular formula is C12H14N2O3. The number of hydrogen-bond donors (Lipinski definition) is 2. The summed E-state index contributed by atoms with van der Waals surface area (Å²) in [6.07, 6.45) is 0.219. The highest BCUT2D eigenvalue weighted by molar-refractivity contribution is 5.86. The van der Waals surface area contributed by atoms with Crippen LogP contribution in [0.4, 0.5) is 0 Å². The first-order valence-electron chi connectivity index (χ1n) is 5.42. The molecule has 1 aliphatic heterocycles. The van der Waals surface area contributed by atoms with Crippen LogP contribution in [-0.4, -0.2) is 34.5 Å². The molecule has 1 aromatic carbocycles. The van der Waals surface area contributed by atoms with E-state index in [0.717, 1.165) is 0 Å². The average Bonchev–Trinajstić information content (AvgIpc) is 2.59. The van der Waals surface area contributed by atoms with Crippen LogP contribution in [0.3, 0.4) is 0 Å². The zero-order chi connectivity index (χ0) is 12.4. The summed E-state index contributed by atoms with van der Waals surface area (Å²) in [5.74, 6) is -1.23. The Hall–Kier alpha value is -1.88. The van der Waals surface area contributed by atoms with Gasteiger partial charge in [0, 0.05) is 19.0 Å². The highest BCUT2D eigenvalue weighted by Crippen LogP contribution is 2.25. The Morgan fingerprint density at radius 3 is 2.53 bits per heavy atom. The van der Waals surface area contributed by atoms with Gasteiger partial charge in [0.15, 0.2) is 6.04 Å². The van der Waals surface area contributed by atoms with E-state index in [1.807, 2.05) is 0 Å². The van der Waals surface area contributed by atoms with Crippen molar-refractivity contribution in [1.82, 2.24) is 4.90 Å². The van der Waals surface area contributed by atoms with Crippen molar-refractivity contribution in [3.63, 3.8) is 0 Å². The number of nitrogens with two attached hydrogens (primary N) is 1. The van der Waals surface area contributed by atoms with Crippen molar-refractivity contribution in [2.45, 2.75) is 18.5 Å². The number of aliphatic carboxylic acids is 1. The molecule has 0 aliphatic carbocycles. The Morgan fingerprint density at radius 1 is 1.41 bits per heavy atom. The molecule has 1 heterocycles. The Labute approximate surface area is 98.8 Å². The van der Waals surface area contributed by atoms with E-state index in [2.05, 4.69) is 0 Å². The molecule has 1 fully saturated rings. The molecule has 0 bridgehead atoms. The number of nitrogens with zero attached hydrogens (tertiary/aromatic N) is 1. The van der Waals surface area contributed by atoms with Gasteiger partial charge in [0.05, 0.1) is 0 Å². The van der Waals surface area contributed by atoms with Crippen LogP contribution in [0.1, 0.15) is 18.0 Å². The molecule has 3 N–H and O–H groups in total. The molecule has 0 radical (unpaired) electrons. The van der Waals surface area contributed by atoms with E-state index in [0.29, 0.717) is 12.1 Å². The number of amides is 1. The number of carboxylic acid groups (broad SMARTS) is 1. The summed E-state index contributed by atoms with van der Waals surface area (Å²) in [6, 6.07) is 7.52. The maximum Gasteiger partial charge on any atom is 0.331 e. The van der Waals surface area contributed by atoms with Crippen LogP contribution in [0.2, 0.25) is 0 Å². The van der Waals surface area contributed by atoms with Gasteiger partial charge >= 0.3 is 5.97 Å². The van der Waals surface area contributed by atoms with Gasteiger partial charge in [-0.25, -0.2) is 4.79 Å². The summed E-state index contributed by atoms with van der Waals surface area (Å²) in [7, 11) is 0. The Morgan fingerprint density at radius 2 is 2.06 bits per heavy atom. The van der Waals surface area contributed by atoms with Gasteiger partial charge in [0.25, 0.3) is 0 Å². The van der Waals surface area contributed by atoms with Crippen molar-refractivity contribution < 1.29 is 14.7 Å². The zero-order valence-electron chi connectivity index (χ0n) is 9.24. The molecule has 90 valence electrons. The number of rotatable bonds is 3. The monoisotopic (exact) mass is 234 g/mol. The topological polar surface area (TPSA) is 83.6 Å². The van der Waals surface area contributed by atoms with Crippen molar-refractivity contribution in [2.75, 3.05) is 6.54 Å². The second-order valence-corrected chi connectivity index (χ2v) is 4.16.